The van der Waals surface area contributed by atoms with Crippen molar-refractivity contribution in [2.75, 3.05) is 26.2 Å². The van der Waals surface area contributed by atoms with Crippen LogP contribution < -0.4 is 0 Å². The van der Waals surface area contributed by atoms with Crippen LogP contribution in [0.2, 0.25) is 0 Å². The van der Waals surface area contributed by atoms with Gasteiger partial charge in [0.1, 0.15) is 0 Å². The Hall–Kier alpha value is -2.18. The van der Waals surface area contributed by atoms with E-state index < -0.39 is 0 Å². The number of rotatable bonds is 4. The first-order valence-corrected chi connectivity index (χ1v) is 9.48. The Morgan fingerprint density at radius 3 is 2.85 bits per heavy atom. The lowest BCUT2D eigenvalue weighted by atomic mass is 9.73. The Morgan fingerprint density at radius 2 is 2.12 bits per heavy atom. The van der Waals surface area contributed by atoms with E-state index in [4.69, 9.17) is 4.74 Å². The Bertz CT molecular complexity index is 649. The molecule has 7 heteroatoms. The van der Waals surface area contributed by atoms with Crippen molar-refractivity contribution in [2.24, 2.45) is 5.41 Å². The average molecular weight is 360 g/mol. The molecule has 0 radical (unpaired) electrons. The first-order valence-electron chi connectivity index (χ1n) is 9.48. The minimum absolute atomic E-state index is 0.0322. The number of aryl methyl sites for hydroxylation is 1. The molecule has 2 fully saturated rings. The molecular weight excluding hydrogens is 332 g/mol. The van der Waals surface area contributed by atoms with Gasteiger partial charge in [-0.25, -0.2) is 4.79 Å². The minimum Gasteiger partial charge on any atom is -0.449 e. The molecule has 1 aromatic heterocycles. The third-order valence-corrected chi connectivity index (χ3v) is 5.28. The molecule has 2 saturated heterocycles. The maximum absolute atomic E-state index is 12.4. The topological polar surface area (TPSA) is 75.6 Å². The van der Waals surface area contributed by atoms with Crippen molar-refractivity contribution in [2.45, 2.75) is 52.5 Å². The molecular formula is C19H28N4O3. The summed E-state index contributed by atoms with van der Waals surface area (Å²) in [5.41, 5.74) is 1.63. The van der Waals surface area contributed by atoms with Gasteiger partial charge in [0.2, 0.25) is 5.91 Å². The Balaban J connectivity index is 1.66. The maximum atomic E-state index is 12.4. The molecule has 1 spiro atoms. The molecule has 3 rings (SSSR count). The van der Waals surface area contributed by atoms with Crippen LogP contribution in [-0.2, 0) is 16.1 Å². The summed E-state index contributed by atoms with van der Waals surface area (Å²) in [6.45, 7) is 6.89. The number of amides is 2. The van der Waals surface area contributed by atoms with Gasteiger partial charge >= 0.3 is 6.09 Å². The zero-order valence-corrected chi connectivity index (χ0v) is 15.7. The van der Waals surface area contributed by atoms with Crippen LogP contribution in [0.15, 0.2) is 12.4 Å². The molecule has 1 unspecified atom stereocenters. The molecule has 0 bridgehead atoms. The summed E-state index contributed by atoms with van der Waals surface area (Å²) in [4.78, 5) is 37.0. The summed E-state index contributed by atoms with van der Waals surface area (Å²) >= 11 is 0. The molecule has 2 amide bonds. The second kappa shape index (κ2) is 8.01. The summed E-state index contributed by atoms with van der Waals surface area (Å²) < 4.78 is 5.31. The van der Waals surface area contributed by atoms with E-state index in [1.807, 2.05) is 23.6 Å². The third kappa shape index (κ3) is 4.31. The highest BCUT2D eigenvalue weighted by molar-refractivity contribution is 5.77. The molecule has 7 nitrogen and oxygen atoms in total. The normalized spacial score (nSPS) is 23.4. The lowest BCUT2D eigenvalue weighted by molar-refractivity contribution is -0.140. The van der Waals surface area contributed by atoms with E-state index >= 15 is 0 Å². The number of likely N-dealkylation sites (tertiary alicyclic amines) is 2. The van der Waals surface area contributed by atoms with Gasteiger partial charge in [-0.3, -0.25) is 14.8 Å². The van der Waals surface area contributed by atoms with Gasteiger partial charge in [0.25, 0.3) is 0 Å². The number of aromatic nitrogens is 2. The van der Waals surface area contributed by atoms with Crippen molar-refractivity contribution in [3.8, 4) is 0 Å². The lowest BCUT2D eigenvalue weighted by Crippen LogP contribution is -2.55. The van der Waals surface area contributed by atoms with Crippen molar-refractivity contribution in [3.05, 3.63) is 23.8 Å². The van der Waals surface area contributed by atoms with Crippen LogP contribution in [0.3, 0.4) is 0 Å². The molecule has 1 aromatic rings. The molecule has 2 aliphatic rings. The highest BCUT2D eigenvalue weighted by Crippen LogP contribution is 2.39. The van der Waals surface area contributed by atoms with Crippen molar-refractivity contribution < 1.29 is 14.3 Å². The predicted octanol–water partition coefficient (Wildman–Crippen LogP) is 2.54. The van der Waals surface area contributed by atoms with Gasteiger partial charge in [0.15, 0.2) is 0 Å². The van der Waals surface area contributed by atoms with E-state index in [2.05, 4.69) is 9.97 Å². The number of hydrogen-bond donors (Lipinski definition) is 0. The highest BCUT2D eigenvalue weighted by Gasteiger charge is 2.43. The van der Waals surface area contributed by atoms with Gasteiger partial charge in [-0.15, -0.1) is 0 Å². The number of piperidine rings is 2. The molecule has 142 valence electrons. The lowest BCUT2D eigenvalue weighted by Gasteiger charge is -2.47. The average Bonchev–Trinajstić information content (AvgIpc) is 2.65. The van der Waals surface area contributed by atoms with Crippen LogP contribution >= 0.6 is 0 Å². The Kier molecular flexibility index (Phi) is 5.74. The van der Waals surface area contributed by atoms with Gasteiger partial charge in [0, 0.05) is 37.7 Å². The number of carbonyl (C=O) groups is 2. The van der Waals surface area contributed by atoms with Crippen LogP contribution in [0.1, 0.15) is 50.4 Å². The fraction of sp³-hybridized carbons (Fsp3) is 0.684. The molecule has 1 atom stereocenters. The van der Waals surface area contributed by atoms with Gasteiger partial charge in [0.05, 0.1) is 30.7 Å². The molecule has 0 saturated carbocycles. The van der Waals surface area contributed by atoms with Gasteiger partial charge in [-0.2, -0.15) is 0 Å². The monoisotopic (exact) mass is 360 g/mol. The standard InChI is InChI=1S/C19H28N4O3/c1-3-9-26-18(25)22-8-4-6-19(13-22)7-5-17(24)23(14-19)12-16-11-20-15(2)10-21-16/h10-11H,3-9,12-14H2,1-2H3. The first-order chi connectivity index (χ1) is 12.5. The summed E-state index contributed by atoms with van der Waals surface area (Å²) in [5, 5.41) is 0. The summed E-state index contributed by atoms with van der Waals surface area (Å²) in [6, 6.07) is 0. The minimum atomic E-state index is -0.223. The van der Waals surface area contributed by atoms with Crippen LogP contribution in [0.4, 0.5) is 4.79 Å². The zero-order valence-electron chi connectivity index (χ0n) is 15.7. The summed E-state index contributed by atoms with van der Waals surface area (Å²) in [6.07, 6.45) is 7.41. The van der Waals surface area contributed by atoms with Crippen molar-refractivity contribution in [1.29, 1.82) is 0 Å². The largest absolute Gasteiger partial charge is 0.449 e. The summed E-state index contributed by atoms with van der Waals surface area (Å²) in [5.74, 6) is 0.156. The van der Waals surface area contributed by atoms with Crippen LogP contribution in [-0.4, -0.2) is 58.0 Å². The third-order valence-electron chi connectivity index (χ3n) is 5.28. The van der Waals surface area contributed by atoms with E-state index in [0.717, 1.165) is 43.6 Å². The quantitative estimate of drug-likeness (QED) is 0.825. The fourth-order valence-corrected chi connectivity index (χ4v) is 3.92. The summed E-state index contributed by atoms with van der Waals surface area (Å²) in [7, 11) is 0. The second-order valence-corrected chi connectivity index (χ2v) is 7.54. The van der Waals surface area contributed by atoms with Crippen LogP contribution in [0.25, 0.3) is 0 Å². The number of hydrogen-bond acceptors (Lipinski definition) is 5. The molecule has 2 aliphatic heterocycles. The van der Waals surface area contributed by atoms with Gasteiger partial charge in [-0.05, 0) is 32.6 Å². The van der Waals surface area contributed by atoms with Crippen molar-refractivity contribution >= 4 is 12.0 Å². The maximum Gasteiger partial charge on any atom is 0.409 e. The number of carbonyl (C=O) groups excluding carboxylic acids is 2. The van der Waals surface area contributed by atoms with Gasteiger partial charge < -0.3 is 14.5 Å². The van der Waals surface area contributed by atoms with Crippen LogP contribution in [0.5, 0.6) is 0 Å². The van der Waals surface area contributed by atoms with E-state index in [1.54, 1.807) is 12.4 Å². The molecule has 0 aliphatic carbocycles. The first kappa shape index (κ1) is 18.6. The number of nitrogens with zero attached hydrogens (tertiary/aromatic N) is 4. The van der Waals surface area contributed by atoms with Crippen molar-refractivity contribution in [1.82, 2.24) is 19.8 Å². The number of ether oxygens (including phenoxy) is 1. The fourth-order valence-electron chi connectivity index (χ4n) is 3.92. The van der Waals surface area contributed by atoms with E-state index in [0.29, 0.717) is 32.7 Å². The van der Waals surface area contributed by atoms with Crippen LogP contribution in [0, 0.1) is 12.3 Å². The van der Waals surface area contributed by atoms with E-state index in [9.17, 15) is 9.59 Å². The molecule has 0 aromatic carbocycles. The second-order valence-electron chi connectivity index (χ2n) is 7.54. The van der Waals surface area contributed by atoms with E-state index in [1.165, 1.54) is 0 Å². The molecule has 0 N–H and O–H groups in total. The van der Waals surface area contributed by atoms with Crippen molar-refractivity contribution in [3.63, 3.8) is 0 Å². The Labute approximate surface area is 154 Å². The molecule has 26 heavy (non-hydrogen) atoms. The zero-order chi connectivity index (χ0) is 18.6. The van der Waals surface area contributed by atoms with Gasteiger partial charge in [-0.1, -0.05) is 6.92 Å². The predicted molar refractivity (Wildman–Crippen MR) is 96.3 cm³/mol. The SMILES string of the molecule is CCCOC(=O)N1CCCC2(CCC(=O)N(Cc3cnc(C)cn3)C2)C1. The highest BCUT2D eigenvalue weighted by atomic mass is 16.6. The Morgan fingerprint density at radius 1 is 1.27 bits per heavy atom. The smallest absolute Gasteiger partial charge is 0.409 e. The van der Waals surface area contributed by atoms with E-state index in [-0.39, 0.29) is 17.4 Å². The molecule has 3 heterocycles.